The molecule has 0 aliphatic rings. The minimum absolute atomic E-state index is 0.0440. The Labute approximate surface area is 68.8 Å². The third-order valence-electron chi connectivity index (χ3n) is 1.29. The van der Waals surface area contributed by atoms with Gasteiger partial charge in [-0.3, -0.25) is 10.1 Å². The second-order valence-electron chi connectivity index (χ2n) is 1.99. The van der Waals surface area contributed by atoms with Crippen molar-refractivity contribution in [1.82, 2.24) is 0 Å². The van der Waals surface area contributed by atoms with Gasteiger partial charge in [0.05, 0.1) is 9.95 Å². The van der Waals surface area contributed by atoms with Crippen LogP contribution in [0, 0.1) is 17.0 Å². The molecule has 1 radical (unpaired) electrons. The highest BCUT2D eigenvalue weighted by atomic mass is 35.5. The number of nitro groups is 1. The van der Waals surface area contributed by atoms with E-state index in [1.165, 1.54) is 12.1 Å². The van der Waals surface area contributed by atoms with Crippen molar-refractivity contribution >= 4 is 17.3 Å². The molecule has 57 valence electrons. The smallest absolute Gasteiger partial charge is 0.258 e. The van der Waals surface area contributed by atoms with Crippen LogP contribution in [0.15, 0.2) is 18.2 Å². The van der Waals surface area contributed by atoms with Gasteiger partial charge in [0.1, 0.15) is 0 Å². The van der Waals surface area contributed by atoms with Crippen LogP contribution in [0.2, 0.25) is 5.02 Å². The largest absolute Gasteiger partial charge is 0.274 e. The second-order valence-corrected chi connectivity index (χ2v) is 2.40. The van der Waals surface area contributed by atoms with Crippen LogP contribution in [0.3, 0.4) is 0 Å². The zero-order valence-electron chi connectivity index (χ0n) is 5.58. The van der Waals surface area contributed by atoms with Crippen LogP contribution in [0.4, 0.5) is 5.69 Å². The highest BCUT2D eigenvalue weighted by Gasteiger charge is 2.10. The summed E-state index contributed by atoms with van der Waals surface area (Å²) in [5.41, 5.74) is 0.219. The predicted octanol–water partition coefficient (Wildman–Crippen LogP) is 2.43. The van der Waals surface area contributed by atoms with Gasteiger partial charge in [-0.15, -0.1) is 0 Å². The lowest BCUT2D eigenvalue weighted by molar-refractivity contribution is -0.385. The maximum Gasteiger partial charge on any atom is 0.274 e. The van der Waals surface area contributed by atoms with E-state index in [2.05, 4.69) is 6.92 Å². The third-order valence-corrected chi connectivity index (χ3v) is 1.64. The first-order valence-corrected chi connectivity index (χ1v) is 3.25. The zero-order chi connectivity index (χ0) is 8.43. The van der Waals surface area contributed by atoms with Crippen molar-refractivity contribution in [3.63, 3.8) is 0 Å². The van der Waals surface area contributed by atoms with Crippen molar-refractivity contribution in [2.24, 2.45) is 0 Å². The van der Waals surface area contributed by atoms with Gasteiger partial charge in [0, 0.05) is 11.6 Å². The van der Waals surface area contributed by atoms with E-state index >= 15 is 0 Å². The molecule has 0 aromatic heterocycles. The van der Waals surface area contributed by atoms with E-state index < -0.39 is 4.92 Å². The van der Waals surface area contributed by atoms with Crippen LogP contribution >= 0.6 is 11.6 Å². The monoisotopic (exact) mass is 170 g/mol. The molecule has 3 nitrogen and oxygen atoms in total. The summed E-state index contributed by atoms with van der Waals surface area (Å²) in [6.07, 6.45) is 0. The summed E-state index contributed by atoms with van der Waals surface area (Å²) in [6, 6.07) is 4.46. The van der Waals surface area contributed by atoms with Gasteiger partial charge in [-0.2, -0.15) is 0 Å². The molecule has 0 unspecified atom stereocenters. The quantitative estimate of drug-likeness (QED) is 0.480. The Balaban J connectivity index is 3.27. The van der Waals surface area contributed by atoms with Crippen molar-refractivity contribution in [2.45, 2.75) is 0 Å². The predicted molar refractivity (Wildman–Crippen MR) is 42.6 cm³/mol. The average molecular weight is 171 g/mol. The van der Waals surface area contributed by atoms with Crippen LogP contribution < -0.4 is 0 Å². The van der Waals surface area contributed by atoms with Crippen molar-refractivity contribution in [3.8, 4) is 0 Å². The standard InChI is InChI=1S/C7H5ClNO2/c1-5-6(8)3-2-4-7(5)9(10)11/h2-4H,1H2. The van der Waals surface area contributed by atoms with Crippen LogP contribution in [0.1, 0.15) is 5.56 Å². The molecule has 0 amide bonds. The summed E-state index contributed by atoms with van der Waals surface area (Å²) in [6.45, 7) is 3.47. The number of benzene rings is 1. The second kappa shape index (κ2) is 2.88. The van der Waals surface area contributed by atoms with Gasteiger partial charge < -0.3 is 0 Å². The molecular weight excluding hydrogens is 166 g/mol. The maximum atomic E-state index is 10.3. The van der Waals surface area contributed by atoms with Gasteiger partial charge in [0.15, 0.2) is 0 Å². The van der Waals surface area contributed by atoms with Gasteiger partial charge >= 0.3 is 0 Å². The molecule has 0 heterocycles. The highest BCUT2D eigenvalue weighted by Crippen LogP contribution is 2.24. The van der Waals surface area contributed by atoms with E-state index in [-0.39, 0.29) is 11.3 Å². The third kappa shape index (κ3) is 1.49. The van der Waals surface area contributed by atoms with Crippen LogP contribution in [-0.2, 0) is 0 Å². The fourth-order valence-electron chi connectivity index (χ4n) is 0.718. The number of hydrogen-bond acceptors (Lipinski definition) is 2. The van der Waals surface area contributed by atoms with Gasteiger partial charge in [0.25, 0.3) is 5.69 Å². The average Bonchev–Trinajstić information content (AvgIpc) is 1.94. The normalized spacial score (nSPS) is 9.64. The summed E-state index contributed by atoms with van der Waals surface area (Å²) < 4.78 is 0. The van der Waals surface area contributed by atoms with E-state index in [0.29, 0.717) is 5.02 Å². The molecule has 0 aliphatic carbocycles. The van der Waals surface area contributed by atoms with Crippen molar-refractivity contribution < 1.29 is 4.92 Å². The van der Waals surface area contributed by atoms with E-state index in [4.69, 9.17) is 11.6 Å². The summed E-state index contributed by atoms with van der Waals surface area (Å²) in [7, 11) is 0. The van der Waals surface area contributed by atoms with Crippen LogP contribution in [0.25, 0.3) is 0 Å². The van der Waals surface area contributed by atoms with Crippen molar-refractivity contribution in [3.05, 3.63) is 45.8 Å². The Hall–Kier alpha value is -1.09. The van der Waals surface area contributed by atoms with Crippen molar-refractivity contribution in [2.75, 3.05) is 0 Å². The molecule has 0 saturated heterocycles. The summed E-state index contributed by atoms with van der Waals surface area (Å²) in [5, 5.41) is 10.6. The lowest BCUT2D eigenvalue weighted by Crippen LogP contribution is -1.90. The van der Waals surface area contributed by atoms with E-state index in [9.17, 15) is 10.1 Å². The Morgan fingerprint density at radius 2 is 2.18 bits per heavy atom. The molecule has 0 bridgehead atoms. The number of rotatable bonds is 1. The number of hydrogen-bond donors (Lipinski definition) is 0. The first-order valence-electron chi connectivity index (χ1n) is 2.88. The number of halogens is 1. The van der Waals surface area contributed by atoms with E-state index in [0.717, 1.165) is 0 Å². The lowest BCUT2D eigenvalue weighted by atomic mass is 10.2. The number of nitro benzene ring substituents is 1. The minimum Gasteiger partial charge on any atom is -0.258 e. The molecule has 1 aromatic carbocycles. The molecule has 4 heteroatoms. The molecule has 0 saturated carbocycles. The molecular formula is C7H5ClNO2. The molecule has 0 N–H and O–H groups in total. The van der Waals surface area contributed by atoms with Gasteiger partial charge in [0.2, 0.25) is 0 Å². The molecule has 11 heavy (non-hydrogen) atoms. The molecule has 0 fully saturated rings. The fraction of sp³-hybridized carbons (Fsp3) is 0. The minimum atomic E-state index is -0.506. The molecule has 0 spiro atoms. The summed E-state index contributed by atoms with van der Waals surface area (Å²) in [4.78, 5) is 9.78. The van der Waals surface area contributed by atoms with Crippen LogP contribution in [-0.4, -0.2) is 4.92 Å². The Morgan fingerprint density at radius 3 is 2.64 bits per heavy atom. The summed E-state index contributed by atoms with van der Waals surface area (Å²) in [5.74, 6) is 0. The summed E-state index contributed by atoms with van der Waals surface area (Å²) >= 11 is 5.59. The molecule has 0 aliphatic heterocycles. The maximum absolute atomic E-state index is 10.3. The zero-order valence-corrected chi connectivity index (χ0v) is 6.34. The molecule has 1 rings (SSSR count). The highest BCUT2D eigenvalue weighted by molar-refractivity contribution is 6.31. The van der Waals surface area contributed by atoms with E-state index in [1.807, 2.05) is 0 Å². The van der Waals surface area contributed by atoms with Gasteiger partial charge in [-0.25, -0.2) is 0 Å². The SMILES string of the molecule is [CH2]c1c(Cl)cccc1[N+](=O)[O-]. The Kier molecular flexibility index (Phi) is 2.10. The van der Waals surface area contributed by atoms with Gasteiger partial charge in [-0.1, -0.05) is 17.7 Å². The molecule has 0 atom stereocenters. The fourth-order valence-corrected chi connectivity index (χ4v) is 0.888. The van der Waals surface area contributed by atoms with Crippen LogP contribution in [0.5, 0.6) is 0 Å². The topological polar surface area (TPSA) is 43.1 Å². The van der Waals surface area contributed by atoms with Gasteiger partial charge in [-0.05, 0) is 13.0 Å². The molecule has 1 aromatic rings. The Morgan fingerprint density at radius 1 is 1.55 bits per heavy atom. The lowest BCUT2D eigenvalue weighted by Gasteiger charge is -1.96. The number of nitrogens with zero attached hydrogens (tertiary/aromatic N) is 1. The van der Waals surface area contributed by atoms with Crippen molar-refractivity contribution in [1.29, 1.82) is 0 Å². The first-order chi connectivity index (χ1) is 5.13. The first kappa shape index (κ1) is 8.01. The van der Waals surface area contributed by atoms with E-state index in [1.54, 1.807) is 6.07 Å². The Bertz CT molecular complexity index is 298.